The number of rotatable bonds is 5. The van der Waals surface area contributed by atoms with Crippen LogP contribution >= 0.6 is 11.6 Å². The zero-order valence-electron chi connectivity index (χ0n) is 17.0. The lowest BCUT2D eigenvalue weighted by atomic mass is 10.2. The number of esters is 1. The number of ether oxygens (including phenoxy) is 1. The third-order valence-corrected chi connectivity index (χ3v) is 5.72. The molecule has 2 heterocycles. The monoisotopic (exact) mass is 445 g/mol. The number of aromatic amines is 1. The number of amides is 1. The van der Waals surface area contributed by atoms with Crippen LogP contribution in [0.1, 0.15) is 10.5 Å². The zero-order chi connectivity index (χ0) is 22.0. The van der Waals surface area contributed by atoms with E-state index in [-0.39, 0.29) is 24.0 Å². The highest BCUT2D eigenvalue weighted by atomic mass is 35.5. The first-order valence-corrected chi connectivity index (χ1v) is 10.4. The van der Waals surface area contributed by atoms with Gasteiger partial charge in [-0.3, -0.25) is 4.79 Å². The fourth-order valence-corrected chi connectivity index (χ4v) is 4.04. The molecule has 0 aliphatic carbocycles. The molecule has 3 aromatic rings. The van der Waals surface area contributed by atoms with Crippen molar-refractivity contribution < 1.29 is 23.6 Å². The van der Waals surface area contributed by atoms with Gasteiger partial charge in [0.25, 0.3) is 5.91 Å². The number of halogens is 2. The van der Waals surface area contributed by atoms with Crippen molar-refractivity contribution in [3.8, 4) is 0 Å². The van der Waals surface area contributed by atoms with Crippen LogP contribution in [0.25, 0.3) is 10.9 Å². The number of methoxy groups -OCH3 is 1. The summed E-state index contributed by atoms with van der Waals surface area (Å²) in [5.41, 5.74) is 2.21. The van der Waals surface area contributed by atoms with Gasteiger partial charge in [-0.1, -0.05) is 11.6 Å². The first-order valence-electron chi connectivity index (χ1n) is 9.98. The molecule has 2 aromatic carbocycles. The highest BCUT2D eigenvalue weighted by molar-refractivity contribution is 6.31. The van der Waals surface area contributed by atoms with E-state index in [4.69, 9.17) is 16.3 Å². The third-order valence-electron chi connectivity index (χ3n) is 5.49. The Kier molecular flexibility index (Phi) is 6.11. The molecule has 3 N–H and O–H groups in total. The highest BCUT2D eigenvalue weighted by Gasteiger charge is 2.25. The van der Waals surface area contributed by atoms with Gasteiger partial charge >= 0.3 is 5.97 Å². The van der Waals surface area contributed by atoms with Gasteiger partial charge in [0.1, 0.15) is 11.5 Å². The topological polar surface area (TPSA) is 78.9 Å². The fraction of sp³-hybridized carbons (Fsp3) is 0.273. The van der Waals surface area contributed by atoms with E-state index in [1.165, 1.54) is 19.2 Å². The molecule has 0 unspecified atom stereocenters. The Morgan fingerprint density at radius 2 is 1.90 bits per heavy atom. The normalized spacial score (nSPS) is 14.6. The minimum absolute atomic E-state index is 0.184. The molecule has 1 aliphatic rings. The van der Waals surface area contributed by atoms with Gasteiger partial charge in [-0.25, -0.2) is 9.18 Å². The number of nitrogens with zero attached hydrogens (tertiary/aromatic N) is 1. The van der Waals surface area contributed by atoms with E-state index in [0.29, 0.717) is 21.6 Å². The summed E-state index contributed by atoms with van der Waals surface area (Å²) in [6.07, 6.45) is 0. The number of benzene rings is 2. The Bertz CT molecular complexity index is 1110. The number of carbonyl (C=O) groups excluding carboxylic acids is 2. The summed E-state index contributed by atoms with van der Waals surface area (Å²) in [4.78, 5) is 31.3. The largest absolute Gasteiger partial charge is 0.464 e. The molecule has 1 amide bonds. The maximum Gasteiger partial charge on any atom is 0.356 e. The van der Waals surface area contributed by atoms with Gasteiger partial charge in [-0.2, -0.15) is 0 Å². The SMILES string of the molecule is COC(=O)c1[nH]c2ccc(Cl)cc2c1NC(=O)C[NH+]1CCN(c2ccc(F)cc2)CC1. The standard InChI is InChI=1S/C22H22ClFN4O3/c1-31-22(30)21-20(17-12-14(23)2-7-18(17)25-21)26-19(29)13-27-8-10-28(11-9-27)16-5-3-15(24)4-6-16/h2-7,12,25H,8-11,13H2,1H3,(H,26,29)/p+1. The molecule has 1 fully saturated rings. The Hall–Kier alpha value is -3.10. The molecule has 0 radical (unpaired) electrons. The van der Waals surface area contributed by atoms with E-state index < -0.39 is 5.97 Å². The van der Waals surface area contributed by atoms with Crippen molar-refractivity contribution in [3.63, 3.8) is 0 Å². The van der Waals surface area contributed by atoms with Gasteiger partial charge in [-0.15, -0.1) is 0 Å². The van der Waals surface area contributed by atoms with Gasteiger partial charge in [-0.05, 0) is 42.5 Å². The lowest BCUT2D eigenvalue weighted by Crippen LogP contribution is -3.15. The summed E-state index contributed by atoms with van der Waals surface area (Å²) in [6, 6.07) is 11.6. The van der Waals surface area contributed by atoms with E-state index in [1.807, 2.05) is 0 Å². The molecule has 7 nitrogen and oxygen atoms in total. The summed E-state index contributed by atoms with van der Waals surface area (Å²) in [5.74, 6) is -1.02. The van der Waals surface area contributed by atoms with Gasteiger partial charge in [0.2, 0.25) is 0 Å². The molecule has 9 heteroatoms. The Morgan fingerprint density at radius 3 is 2.58 bits per heavy atom. The first-order chi connectivity index (χ1) is 14.9. The predicted octanol–water partition coefficient (Wildman–Crippen LogP) is 2.09. The molecule has 0 bridgehead atoms. The van der Waals surface area contributed by atoms with Crippen molar-refractivity contribution in [1.82, 2.24) is 4.98 Å². The van der Waals surface area contributed by atoms with Crippen molar-refractivity contribution in [2.24, 2.45) is 0 Å². The summed E-state index contributed by atoms with van der Waals surface area (Å²) in [6.45, 7) is 3.35. The van der Waals surface area contributed by atoms with E-state index in [9.17, 15) is 14.0 Å². The highest BCUT2D eigenvalue weighted by Crippen LogP contribution is 2.30. The Morgan fingerprint density at radius 1 is 1.19 bits per heavy atom. The maximum absolute atomic E-state index is 13.1. The minimum atomic E-state index is -0.567. The van der Waals surface area contributed by atoms with E-state index in [2.05, 4.69) is 15.2 Å². The molecule has 0 atom stereocenters. The second-order valence-corrected chi connectivity index (χ2v) is 7.93. The molecule has 1 aliphatic heterocycles. The number of anilines is 2. The maximum atomic E-state index is 13.1. The average molecular weight is 446 g/mol. The zero-order valence-corrected chi connectivity index (χ0v) is 17.8. The lowest BCUT2D eigenvalue weighted by molar-refractivity contribution is -0.892. The summed E-state index contributed by atoms with van der Waals surface area (Å²) in [7, 11) is 1.29. The quantitative estimate of drug-likeness (QED) is 0.525. The summed E-state index contributed by atoms with van der Waals surface area (Å²) < 4.78 is 18.0. The number of hydrogen-bond acceptors (Lipinski definition) is 4. The van der Waals surface area contributed by atoms with Crippen molar-refractivity contribution in [3.05, 3.63) is 59.0 Å². The van der Waals surface area contributed by atoms with Crippen LogP contribution < -0.4 is 15.1 Å². The predicted molar refractivity (Wildman–Crippen MR) is 117 cm³/mol. The van der Waals surface area contributed by atoms with Gasteiger partial charge in [0, 0.05) is 21.6 Å². The number of carbonyl (C=O) groups is 2. The Balaban J connectivity index is 1.42. The molecule has 1 saturated heterocycles. The minimum Gasteiger partial charge on any atom is -0.464 e. The summed E-state index contributed by atoms with van der Waals surface area (Å²) >= 11 is 6.11. The van der Waals surface area contributed by atoms with E-state index in [1.54, 1.807) is 30.3 Å². The second-order valence-electron chi connectivity index (χ2n) is 7.49. The summed E-state index contributed by atoms with van der Waals surface area (Å²) in [5, 5.41) is 4.02. The van der Waals surface area contributed by atoms with Crippen molar-refractivity contribution in [1.29, 1.82) is 0 Å². The van der Waals surface area contributed by atoms with Crippen LogP contribution in [-0.2, 0) is 9.53 Å². The van der Waals surface area contributed by atoms with Crippen LogP contribution in [-0.4, -0.2) is 56.7 Å². The molecular weight excluding hydrogens is 423 g/mol. The van der Waals surface area contributed by atoms with Crippen LogP contribution in [0.2, 0.25) is 5.02 Å². The van der Waals surface area contributed by atoms with Crippen molar-refractivity contribution in [2.75, 3.05) is 50.1 Å². The van der Waals surface area contributed by atoms with E-state index >= 15 is 0 Å². The van der Waals surface area contributed by atoms with E-state index in [0.717, 1.165) is 36.8 Å². The second kappa shape index (κ2) is 8.95. The van der Waals surface area contributed by atoms with Crippen LogP contribution in [0, 0.1) is 5.82 Å². The number of aromatic nitrogens is 1. The number of piperazine rings is 1. The van der Waals surface area contributed by atoms with Crippen LogP contribution in [0.4, 0.5) is 15.8 Å². The van der Waals surface area contributed by atoms with Crippen LogP contribution in [0.15, 0.2) is 42.5 Å². The molecule has 4 rings (SSSR count). The lowest BCUT2D eigenvalue weighted by Gasteiger charge is -2.33. The molecule has 162 valence electrons. The molecule has 0 spiro atoms. The van der Waals surface area contributed by atoms with Crippen molar-refractivity contribution in [2.45, 2.75) is 0 Å². The van der Waals surface area contributed by atoms with Crippen molar-refractivity contribution >= 4 is 45.8 Å². The van der Waals surface area contributed by atoms with Gasteiger partial charge in [0.05, 0.1) is 39.0 Å². The molecule has 0 saturated carbocycles. The first kappa shape index (κ1) is 21.1. The fourth-order valence-electron chi connectivity index (χ4n) is 3.87. The average Bonchev–Trinajstić information content (AvgIpc) is 3.11. The van der Waals surface area contributed by atoms with Gasteiger partial charge in [0.15, 0.2) is 6.54 Å². The third kappa shape index (κ3) is 4.65. The van der Waals surface area contributed by atoms with Gasteiger partial charge < -0.3 is 24.8 Å². The number of nitrogens with one attached hydrogen (secondary N) is 3. The van der Waals surface area contributed by atoms with Crippen LogP contribution in [0.3, 0.4) is 0 Å². The molecule has 31 heavy (non-hydrogen) atoms. The smallest absolute Gasteiger partial charge is 0.356 e. The van der Waals surface area contributed by atoms with Crippen LogP contribution in [0.5, 0.6) is 0 Å². The number of quaternary nitrogens is 1. The Labute approximate surface area is 183 Å². The number of fused-ring (bicyclic) bond motifs is 1. The molecular formula is C22H23ClFN4O3+. The molecule has 1 aromatic heterocycles. The number of hydrogen-bond donors (Lipinski definition) is 3. The number of H-pyrrole nitrogens is 1.